The third-order valence-corrected chi connectivity index (χ3v) is 3.70. The summed E-state index contributed by atoms with van der Waals surface area (Å²) in [6.45, 7) is 4.58. The van der Waals surface area contributed by atoms with Gasteiger partial charge in [-0.3, -0.25) is 4.99 Å². The smallest absolute Gasteiger partial charge is 0.211 e. The van der Waals surface area contributed by atoms with Gasteiger partial charge in [-0.1, -0.05) is 6.92 Å². The Morgan fingerprint density at radius 3 is 2.69 bits per heavy atom. The summed E-state index contributed by atoms with van der Waals surface area (Å²) >= 11 is 0. The number of nitrogens with two attached hydrogens (primary N) is 1. The van der Waals surface area contributed by atoms with Crippen LogP contribution in [0.1, 0.15) is 13.3 Å². The fraction of sp³-hybridized carbons (Fsp3) is 0.889. The van der Waals surface area contributed by atoms with Gasteiger partial charge in [-0.2, -0.15) is 0 Å². The predicted octanol–water partition coefficient (Wildman–Crippen LogP) is -0.808. The molecule has 0 aromatic heterocycles. The lowest BCUT2D eigenvalue weighted by Gasteiger charge is -2.36. The first-order chi connectivity index (χ1) is 7.43. The van der Waals surface area contributed by atoms with Gasteiger partial charge in [0.2, 0.25) is 10.0 Å². The fourth-order valence-electron chi connectivity index (χ4n) is 1.45. The minimum Gasteiger partial charge on any atom is -0.370 e. The zero-order chi connectivity index (χ0) is 12.2. The molecule has 0 radical (unpaired) electrons. The lowest BCUT2D eigenvalue weighted by Crippen LogP contribution is -2.50. The van der Waals surface area contributed by atoms with Gasteiger partial charge in [0.15, 0.2) is 5.96 Å². The maximum Gasteiger partial charge on any atom is 0.211 e. The molecule has 1 fully saturated rings. The van der Waals surface area contributed by atoms with Gasteiger partial charge in [-0.15, -0.1) is 0 Å². The van der Waals surface area contributed by atoms with Crippen LogP contribution in [0.4, 0.5) is 0 Å². The van der Waals surface area contributed by atoms with Crippen molar-refractivity contribution in [2.45, 2.75) is 13.3 Å². The molecule has 0 unspecified atom stereocenters. The van der Waals surface area contributed by atoms with E-state index in [1.807, 2.05) is 0 Å². The molecular formula is C9H20N4O2S. The quantitative estimate of drug-likeness (QED) is 0.492. The zero-order valence-electron chi connectivity index (χ0n) is 9.81. The Morgan fingerprint density at radius 1 is 1.56 bits per heavy atom. The van der Waals surface area contributed by atoms with Crippen molar-refractivity contribution in [3.63, 3.8) is 0 Å². The Morgan fingerprint density at radius 2 is 2.19 bits per heavy atom. The summed E-state index contributed by atoms with van der Waals surface area (Å²) in [6, 6.07) is 0. The number of sulfonamides is 1. The SMILES string of the molecule is CCCNC(N)=NCC1CN(S(C)(=O)=O)C1. The molecule has 3 N–H and O–H groups in total. The van der Waals surface area contributed by atoms with E-state index in [4.69, 9.17) is 5.73 Å². The maximum absolute atomic E-state index is 11.1. The predicted molar refractivity (Wildman–Crippen MR) is 64.7 cm³/mol. The number of aliphatic imine (C=N–C) groups is 1. The first-order valence-corrected chi connectivity index (χ1v) is 7.27. The van der Waals surface area contributed by atoms with E-state index in [1.54, 1.807) is 0 Å². The Labute approximate surface area is 97.0 Å². The third kappa shape index (κ3) is 3.97. The van der Waals surface area contributed by atoms with E-state index in [-0.39, 0.29) is 0 Å². The second-order valence-corrected chi connectivity index (χ2v) is 6.08. The molecule has 0 saturated carbocycles. The van der Waals surface area contributed by atoms with Crippen LogP contribution in [0.25, 0.3) is 0 Å². The Kier molecular flexibility index (Phi) is 4.55. The molecule has 6 nitrogen and oxygen atoms in total. The van der Waals surface area contributed by atoms with E-state index < -0.39 is 10.0 Å². The molecule has 0 aromatic rings. The molecular weight excluding hydrogens is 228 g/mol. The van der Waals surface area contributed by atoms with Gasteiger partial charge in [0.05, 0.1) is 6.26 Å². The van der Waals surface area contributed by atoms with Gasteiger partial charge >= 0.3 is 0 Å². The van der Waals surface area contributed by atoms with Gasteiger partial charge in [0.25, 0.3) is 0 Å². The topological polar surface area (TPSA) is 87.8 Å². The highest BCUT2D eigenvalue weighted by molar-refractivity contribution is 7.88. The first-order valence-electron chi connectivity index (χ1n) is 5.42. The molecule has 0 spiro atoms. The number of rotatable bonds is 5. The van der Waals surface area contributed by atoms with Crippen molar-refractivity contribution in [1.29, 1.82) is 0 Å². The van der Waals surface area contributed by atoms with Crippen LogP contribution in [0.2, 0.25) is 0 Å². The molecule has 1 rings (SSSR count). The summed E-state index contributed by atoms with van der Waals surface area (Å²) in [4.78, 5) is 4.16. The third-order valence-electron chi connectivity index (χ3n) is 2.47. The maximum atomic E-state index is 11.1. The lowest BCUT2D eigenvalue weighted by molar-refractivity contribution is 0.209. The van der Waals surface area contributed by atoms with Crippen LogP contribution in [-0.4, -0.2) is 51.1 Å². The highest BCUT2D eigenvalue weighted by Gasteiger charge is 2.32. The van der Waals surface area contributed by atoms with Crippen LogP contribution >= 0.6 is 0 Å². The van der Waals surface area contributed by atoms with Crippen molar-refractivity contribution in [1.82, 2.24) is 9.62 Å². The van der Waals surface area contributed by atoms with E-state index in [0.717, 1.165) is 13.0 Å². The summed E-state index contributed by atoms with van der Waals surface area (Å²) in [5.41, 5.74) is 5.61. The molecule has 1 heterocycles. The largest absolute Gasteiger partial charge is 0.370 e. The standard InChI is InChI=1S/C9H20N4O2S/c1-3-4-11-9(10)12-5-8-6-13(7-8)16(2,14)15/h8H,3-7H2,1-2H3,(H3,10,11,12). The monoisotopic (exact) mass is 248 g/mol. The average molecular weight is 248 g/mol. The van der Waals surface area contributed by atoms with Crippen LogP contribution in [0.3, 0.4) is 0 Å². The van der Waals surface area contributed by atoms with E-state index in [1.165, 1.54) is 10.6 Å². The molecule has 0 amide bonds. The Bertz CT molecular complexity index is 347. The van der Waals surface area contributed by atoms with Gasteiger partial charge in [0.1, 0.15) is 0 Å². The van der Waals surface area contributed by atoms with Gasteiger partial charge < -0.3 is 11.1 Å². The summed E-state index contributed by atoms with van der Waals surface area (Å²) in [5, 5.41) is 2.97. The molecule has 1 aliphatic heterocycles. The molecule has 1 saturated heterocycles. The number of hydrogen-bond acceptors (Lipinski definition) is 3. The fourth-order valence-corrected chi connectivity index (χ4v) is 2.41. The van der Waals surface area contributed by atoms with E-state index in [2.05, 4.69) is 17.2 Å². The van der Waals surface area contributed by atoms with Crippen LogP contribution in [0.5, 0.6) is 0 Å². The minimum atomic E-state index is -3.01. The van der Waals surface area contributed by atoms with Crippen molar-refractivity contribution < 1.29 is 8.42 Å². The number of nitrogens with one attached hydrogen (secondary N) is 1. The van der Waals surface area contributed by atoms with Gasteiger partial charge in [0, 0.05) is 32.1 Å². The second kappa shape index (κ2) is 5.49. The molecule has 1 aliphatic rings. The average Bonchev–Trinajstić information content (AvgIpc) is 2.09. The van der Waals surface area contributed by atoms with Gasteiger partial charge in [-0.05, 0) is 6.42 Å². The highest BCUT2D eigenvalue weighted by atomic mass is 32.2. The first kappa shape index (κ1) is 13.2. The summed E-state index contributed by atoms with van der Waals surface area (Å²) < 4.78 is 23.6. The van der Waals surface area contributed by atoms with Crippen LogP contribution in [0, 0.1) is 5.92 Å². The zero-order valence-corrected chi connectivity index (χ0v) is 10.6. The molecule has 0 atom stereocenters. The van der Waals surface area contributed by atoms with E-state index in [9.17, 15) is 8.42 Å². The number of guanidine groups is 1. The minimum absolute atomic E-state index is 0.303. The van der Waals surface area contributed by atoms with Crippen molar-refractivity contribution in [2.24, 2.45) is 16.6 Å². The summed E-state index contributed by atoms with van der Waals surface area (Å²) in [5.74, 6) is 0.747. The Balaban J connectivity index is 2.23. The molecule has 0 aromatic carbocycles. The van der Waals surface area contributed by atoms with Crippen LogP contribution < -0.4 is 11.1 Å². The van der Waals surface area contributed by atoms with Crippen molar-refractivity contribution >= 4 is 16.0 Å². The lowest BCUT2D eigenvalue weighted by atomic mass is 10.0. The number of nitrogens with zero attached hydrogens (tertiary/aromatic N) is 2. The van der Waals surface area contributed by atoms with Crippen molar-refractivity contribution in [2.75, 3.05) is 32.4 Å². The van der Waals surface area contributed by atoms with E-state index >= 15 is 0 Å². The molecule has 0 aliphatic carbocycles. The Hall–Kier alpha value is -0.820. The summed E-state index contributed by atoms with van der Waals surface area (Å²) in [7, 11) is -3.01. The summed E-state index contributed by atoms with van der Waals surface area (Å²) in [6.07, 6.45) is 2.23. The van der Waals surface area contributed by atoms with E-state index in [0.29, 0.717) is 31.5 Å². The normalized spacial score (nSPS) is 19.5. The van der Waals surface area contributed by atoms with Crippen molar-refractivity contribution in [3.8, 4) is 0 Å². The van der Waals surface area contributed by atoms with Crippen LogP contribution in [-0.2, 0) is 10.0 Å². The van der Waals surface area contributed by atoms with Gasteiger partial charge in [-0.25, -0.2) is 12.7 Å². The number of hydrogen-bond donors (Lipinski definition) is 2. The second-order valence-electron chi connectivity index (χ2n) is 4.10. The molecule has 0 bridgehead atoms. The van der Waals surface area contributed by atoms with Crippen LogP contribution in [0.15, 0.2) is 4.99 Å². The molecule has 94 valence electrons. The van der Waals surface area contributed by atoms with Crippen molar-refractivity contribution in [3.05, 3.63) is 0 Å². The highest BCUT2D eigenvalue weighted by Crippen LogP contribution is 2.18. The molecule has 16 heavy (non-hydrogen) atoms. The molecule has 7 heteroatoms.